The number of carbonyl (C=O) groups is 1. The van der Waals surface area contributed by atoms with Crippen molar-refractivity contribution >= 4 is 46.1 Å². The Morgan fingerprint density at radius 2 is 1.86 bits per heavy atom. The standard InChI is InChI=1S/C20H18Cl2N4O2S/c21-14-1-3-16(4-2-14)26-20(28)18(22)17(11-23-26)25-8-5-15(6-9-25)24-19(27)13-7-10-29-12-13/h1-4,7,10-12,15H,5-6,8-9H2,(H,24,27). The van der Waals surface area contributed by atoms with Crippen LogP contribution in [-0.2, 0) is 0 Å². The minimum Gasteiger partial charge on any atom is -0.369 e. The first kappa shape index (κ1) is 19.9. The van der Waals surface area contributed by atoms with Crippen LogP contribution in [0.15, 0.2) is 52.1 Å². The van der Waals surface area contributed by atoms with Gasteiger partial charge < -0.3 is 10.2 Å². The van der Waals surface area contributed by atoms with Crippen molar-refractivity contribution in [3.8, 4) is 5.69 Å². The molecule has 0 atom stereocenters. The fourth-order valence-corrected chi connectivity index (χ4v) is 4.35. The molecule has 4 rings (SSSR count). The first-order valence-corrected chi connectivity index (χ1v) is 10.8. The van der Waals surface area contributed by atoms with E-state index >= 15 is 0 Å². The van der Waals surface area contributed by atoms with Gasteiger partial charge in [-0.2, -0.15) is 21.1 Å². The average molecular weight is 449 g/mol. The molecule has 1 saturated heterocycles. The van der Waals surface area contributed by atoms with Crippen LogP contribution in [0.1, 0.15) is 23.2 Å². The molecule has 1 amide bonds. The van der Waals surface area contributed by atoms with E-state index in [1.165, 1.54) is 16.0 Å². The molecule has 0 aliphatic carbocycles. The van der Waals surface area contributed by atoms with Crippen molar-refractivity contribution in [2.45, 2.75) is 18.9 Å². The van der Waals surface area contributed by atoms with Gasteiger partial charge in [0.05, 0.1) is 17.6 Å². The number of piperidine rings is 1. The van der Waals surface area contributed by atoms with Gasteiger partial charge in [-0.05, 0) is 48.6 Å². The van der Waals surface area contributed by atoms with E-state index in [1.807, 2.05) is 21.7 Å². The largest absolute Gasteiger partial charge is 0.369 e. The third-order valence-electron chi connectivity index (χ3n) is 4.93. The summed E-state index contributed by atoms with van der Waals surface area (Å²) in [5, 5.41) is 11.8. The number of rotatable bonds is 4. The lowest BCUT2D eigenvalue weighted by molar-refractivity contribution is 0.0931. The summed E-state index contributed by atoms with van der Waals surface area (Å²) >= 11 is 13.8. The molecule has 0 unspecified atom stereocenters. The van der Waals surface area contributed by atoms with Gasteiger partial charge in [0.15, 0.2) is 0 Å². The zero-order valence-electron chi connectivity index (χ0n) is 15.3. The smallest absolute Gasteiger partial charge is 0.292 e. The van der Waals surface area contributed by atoms with Crippen molar-refractivity contribution in [3.05, 3.63) is 73.3 Å². The molecule has 3 heterocycles. The Bertz CT molecular complexity index is 1060. The van der Waals surface area contributed by atoms with Crippen LogP contribution in [0.2, 0.25) is 10.0 Å². The van der Waals surface area contributed by atoms with Gasteiger partial charge in [-0.15, -0.1) is 0 Å². The SMILES string of the molecule is O=C(NC1CCN(c2cnn(-c3ccc(Cl)cc3)c(=O)c2Cl)CC1)c1ccsc1. The monoisotopic (exact) mass is 448 g/mol. The highest BCUT2D eigenvalue weighted by atomic mass is 35.5. The van der Waals surface area contributed by atoms with Gasteiger partial charge in [0, 0.05) is 35.1 Å². The second-order valence-corrected chi connectivity index (χ2v) is 8.38. The molecule has 0 radical (unpaired) electrons. The predicted molar refractivity (Wildman–Crippen MR) is 117 cm³/mol. The molecule has 2 aromatic heterocycles. The van der Waals surface area contributed by atoms with E-state index in [-0.39, 0.29) is 22.5 Å². The number of hydrogen-bond donors (Lipinski definition) is 1. The van der Waals surface area contributed by atoms with Gasteiger partial charge in [0.25, 0.3) is 11.5 Å². The zero-order chi connectivity index (χ0) is 20.4. The molecule has 0 spiro atoms. The number of amides is 1. The first-order valence-electron chi connectivity index (χ1n) is 9.14. The van der Waals surface area contributed by atoms with Crippen LogP contribution in [0.4, 0.5) is 5.69 Å². The lowest BCUT2D eigenvalue weighted by atomic mass is 10.0. The average Bonchev–Trinajstić information content (AvgIpc) is 3.27. The maximum absolute atomic E-state index is 12.7. The number of halogens is 2. The first-order chi connectivity index (χ1) is 14.0. The fourth-order valence-electron chi connectivity index (χ4n) is 3.34. The Morgan fingerprint density at radius 3 is 2.52 bits per heavy atom. The maximum atomic E-state index is 12.7. The van der Waals surface area contributed by atoms with E-state index in [4.69, 9.17) is 23.2 Å². The van der Waals surface area contributed by atoms with E-state index in [0.717, 1.165) is 12.8 Å². The van der Waals surface area contributed by atoms with Gasteiger partial charge in [-0.25, -0.2) is 0 Å². The Morgan fingerprint density at radius 1 is 1.14 bits per heavy atom. The zero-order valence-corrected chi connectivity index (χ0v) is 17.7. The highest BCUT2D eigenvalue weighted by Crippen LogP contribution is 2.25. The molecule has 6 nitrogen and oxygen atoms in total. The van der Waals surface area contributed by atoms with Crippen LogP contribution in [-0.4, -0.2) is 34.8 Å². The molecule has 0 bridgehead atoms. The topological polar surface area (TPSA) is 67.2 Å². The Labute approximate surface area is 181 Å². The summed E-state index contributed by atoms with van der Waals surface area (Å²) in [6, 6.07) is 8.74. The van der Waals surface area contributed by atoms with E-state index in [9.17, 15) is 9.59 Å². The molecule has 1 aromatic carbocycles. The van der Waals surface area contributed by atoms with Crippen LogP contribution in [0.5, 0.6) is 0 Å². The number of nitrogens with zero attached hydrogens (tertiary/aromatic N) is 3. The highest BCUT2D eigenvalue weighted by Gasteiger charge is 2.24. The number of hydrogen-bond acceptors (Lipinski definition) is 5. The van der Waals surface area contributed by atoms with Gasteiger partial charge in [0.1, 0.15) is 5.02 Å². The van der Waals surface area contributed by atoms with Gasteiger partial charge in [0.2, 0.25) is 0 Å². The number of benzene rings is 1. The van der Waals surface area contributed by atoms with Gasteiger partial charge >= 0.3 is 0 Å². The summed E-state index contributed by atoms with van der Waals surface area (Å²) in [4.78, 5) is 27.0. The van der Waals surface area contributed by atoms with Crippen molar-refractivity contribution < 1.29 is 4.79 Å². The number of anilines is 1. The third-order valence-corrected chi connectivity index (χ3v) is 6.22. The minimum atomic E-state index is -0.376. The van der Waals surface area contributed by atoms with Crippen molar-refractivity contribution in [1.29, 1.82) is 0 Å². The molecule has 1 fully saturated rings. The molecular weight excluding hydrogens is 431 g/mol. The normalized spacial score (nSPS) is 14.8. The summed E-state index contributed by atoms with van der Waals surface area (Å²) < 4.78 is 1.26. The lowest BCUT2D eigenvalue weighted by Gasteiger charge is -2.34. The van der Waals surface area contributed by atoms with Crippen LogP contribution in [0.25, 0.3) is 5.69 Å². The lowest BCUT2D eigenvalue weighted by Crippen LogP contribution is -2.45. The van der Waals surface area contributed by atoms with Crippen LogP contribution in [0.3, 0.4) is 0 Å². The maximum Gasteiger partial charge on any atom is 0.292 e. The summed E-state index contributed by atoms with van der Waals surface area (Å²) in [5.74, 6) is -0.0463. The quantitative estimate of drug-likeness (QED) is 0.654. The minimum absolute atomic E-state index is 0.0463. The van der Waals surface area contributed by atoms with Crippen LogP contribution in [0, 0.1) is 0 Å². The predicted octanol–water partition coefficient (Wildman–Crippen LogP) is 4.00. The number of thiophene rings is 1. The van der Waals surface area contributed by atoms with Crippen LogP contribution >= 0.6 is 34.5 Å². The fraction of sp³-hybridized carbons (Fsp3) is 0.250. The second kappa shape index (κ2) is 8.57. The van der Waals surface area contributed by atoms with Gasteiger partial charge in [-0.3, -0.25) is 9.59 Å². The molecule has 9 heteroatoms. The van der Waals surface area contributed by atoms with Gasteiger partial charge in [-0.1, -0.05) is 23.2 Å². The van der Waals surface area contributed by atoms with Crippen molar-refractivity contribution in [2.75, 3.05) is 18.0 Å². The Hall–Kier alpha value is -2.35. The van der Waals surface area contributed by atoms with E-state index < -0.39 is 0 Å². The summed E-state index contributed by atoms with van der Waals surface area (Å²) in [6.07, 6.45) is 3.15. The molecule has 1 aliphatic heterocycles. The molecular formula is C20H18Cl2N4O2S. The molecule has 3 aromatic rings. The number of carbonyl (C=O) groups excluding carboxylic acids is 1. The van der Waals surface area contributed by atoms with E-state index in [2.05, 4.69) is 10.4 Å². The highest BCUT2D eigenvalue weighted by molar-refractivity contribution is 7.08. The van der Waals surface area contributed by atoms with Crippen molar-refractivity contribution in [2.24, 2.45) is 0 Å². The van der Waals surface area contributed by atoms with Crippen molar-refractivity contribution in [1.82, 2.24) is 15.1 Å². The van der Waals surface area contributed by atoms with E-state index in [0.29, 0.717) is 35.1 Å². The summed E-state index contributed by atoms with van der Waals surface area (Å²) in [6.45, 7) is 1.36. The molecule has 0 saturated carbocycles. The van der Waals surface area contributed by atoms with Crippen LogP contribution < -0.4 is 15.8 Å². The summed E-state index contributed by atoms with van der Waals surface area (Å²) in [7, 11) is 0. The van der Waals surface area contributed by atoms with E-state index in [1.54, 1.807) is 30.5 Å². The Balaban J connectivity index is 1.44. The second-order valence-electron chi connectivity index (χ2n) is 6.78. The summed E-state index contributed by atoms with van der Waals surface area (Å²) in [5.41, 5.74) is 1.53. The Kier molecular flexibility index (Phi) is 5.89. The van der Waals surface area contributed by atoms with Crippen molar-refractivity contribution in [3.63, 3.8) is 0 Å². The molecule has 1 aliphatic rings. The molecule has 150 valence electrons. The third kappa shape index (κ3) is 4.32. The molecule has 29 heavy (non-hydrogen) atoms. The molecule has 1 N–H and O–H groups in total. The number of aromatic nitrogens is 2. The number of nitrogens with one attached hydrogen (secondary N) is 1.